The van der Waals surface area contributed by atoms with Crippen molar-refractivity contribution >= 4 is 11.8 Å². The summed E-state index contributed by atoms with van der Waals surface area (Å²) >= 11 is 0. The van der Waals surface area contributed by atoms with Crippen LogP contribution in [0.5, 0.6) is 0 Å². The average molecular weight is 309 g/mol. The van der Waals surface area contributed by atoms with Crippen molar-refractivity contribution in [3.8, 4) is 0 Å². The monoisotopic (exact) mass is 309 g/mol. The molecule has 0 bridgehead atoms. The molecule has 0 aliphatic carbocycles. The Hall–Kier alpha value is -2.15. The minimum absolute atomic E-state index is 0.140. The van der Waals surface area contributed by atoms with Crippen LogP contribution in [-0.4, -0.2) is 42.2 Å². The Balaban J connectivity index is 2.80. The van der Waals surface area contributed by atoms with E-state index < -0.39 is 0 Å². The summed E-state index contributed by atoms with van der Waals surface area (Å²) in [7, 11) is 1.54. The molecule has 0 saturated heterocycles. The number of hydrogen-bond donors (Lipinski definition) is 2. The number of nitrogens with one attached hydrogen (secondary N) is 2. The van der Waals surface area contributed by atoms with Crippen LogP contribution in [0.1, 0.15) is 31.1 Å². The van der Waals surface area contributed by atoms with Crippen LogP contribution in [0.2, 0.25) is 0 Å². The number of methoxy groups -OCH3 is 1. The molecule has 0 aromatic carbocycles. The third-order valence-electron chi connectivity index (χ3n) is 2.68. The van der Waals surface area contributed by atoms with Gasteiger partial charge in [0.2, 0.25) is 5.91 Å². The molecule has 7 heteroatoms. The van der Waals surface area contributed by atoms with E-state index in [0.29, 0.717) is 18.7 Å². The molecule has 0 atom stereocenters. The molecule has 1 aromatic rings. The lowest BCUT2D eigenvalue weighted by Crippen LogP contribution is -2.41. The van der Waals surface area contributed by atoms with Gasteiger partial charge in [-0.3, -0.25) is 14.4 Å². The van der Waals surface area contributed by atoms with Crippen LogP contribution < -0.4 is 16.2 Å². The van der Waals surface area contributed by atoms with Gasteiger partial charge in [-0.05, 0) is 26.8 Å². The molecule has 0 radical (unpaired) electrons. The number of amides is 2. The van der Waals surface area contributed by atoms with E-state index >= 15 is 0 Å². The summed E-state index contributed by atoms with van der Waals surface area (Å²) in [5.41, 5.74) is -0.385. The maximum absolute atomic E-state index is 12.1. The molecule has 2 amide bonds. The third kappa shape index (κ3) is 6.09. The van der Waals surface area contributed by atoms with Gasteiger partial charge in [-0.25, -0.2) is 0 Å². The summed E-state index contributed by atoms with van der Waals surface area (Å²) in [5, 5.41) is 5.43. The Morgan fingerprint density at radius 2 is 1.95 bits per heavy atom. The maximum atomic E-state index is 12.1. The van der Waals surface area contributed by atoms with E-state index in [2.05, 4.69) is 10.6 Å². The van der Waals surface area contributed by atoms with Crippen LogP contribution in [0.25, 0.3) is 0 Å². The fourth-order valence-corrected chi connectivity index (χ4v) is 1.71. The molecule has 2 N–H and O–H groups in total. The molecule has 0 unspecified atom stereocenters. The fourth-order valence-electron chi connectivity index (χ4n) is 1.71. The first kappa shape index (κ1) is 17.9. The number of ether oxygens (including phenoxy) is 1. The standard InChI is InChI=1S/C15H23N3O4/c1-15(2,3)17-14(21)11-5-6-13(20)18(9-11)10-12(19)16-7-8-22-4/h5-6,9H,7-8,10H2,1-4H3,(H,16,19)(H,17,21). The number of rotatable bonds is 6. The Morgan fingerprint density at radius 1 is 1.27 bits per heavy atom. The van der Waals surface area contributed by atoms with Crippen molar-refractivity contribution in [3.63, 3.8) is 0 Å². The predicted molar refractivity (Wildman–Crippen MR) is 82.8 cm³/mol. The zero-order chi connectivity index (χ0) is 16.8. The highest BCUT2D eigenvalue weighted by molar-refractivity contribution is 5.94. The van der Waals surface area contributed by atoms with Crippen LogP contribution in [0.3, 0.4) is 0 Å². The quantitative estimate of drug-likeness (QED) is 0.732. The Kier molecular flexibility index (Phi) is 6.30. The van der Waals surface area contributed by atoms with Gasteiger partial charge in [0.25, 0.3) is 11.5 Å². The van der Waals surface area contributed by atoms with Crippen LogP contribution >= 0.6 is 0 Å². The first-order chi connectivity index (χ1) is 10.2. The largest absolute Gasteiger partial charge is 0.383 e. The Morgan fingerprint density at radius 3 is 2.55 bits per heavy atom. The third-order valence-corrected chi connectivity index (χ3v) is 2.68. The van der Waals surface area contributed by atoms with Crippen molar-refractivity contribution in [1.29, 1.82) is 0 Å². The van der Waals surface area contributed by atoms with Gasteiger partial charge in [0.05, 0.1) is 12.2 Å². The van der Waals surface area contributed by atoms with E-state index in [1.807, 2.05) is 20.8 Å². The zero-order valence-corrected chi connectivity index (χ0v) is 13.4. The van der Waals surface area contributed by atoms with E-state index in [1.165, 1.54) is 30.0 Å². The van der Waals surface area contributed by atoms with Crippen molar-refractivity contribution in [3.05, 3.63) is 34.2 Å². The van der Waals surface area contributed by atoms with E-state index in [4.69, 9.17) is 4.74 Å². The summed E-state index contributed by atoms with van der Waals surface area (Å²) in [4.78, 5) is 35.6. The normalized spacial score (nSPS) is 11.1. The summed E-state index contributed by atoms with van der Waals surface area (Å²) in [6.07, 6.45) is 1.39. The topological polar surface area (TPSA) is 89.4 Å². The first-order valence-corrected chi connectivity index (χ1v) is 7.01. The molecule has 0 aliphatic heterocycles. The van der Waals surface area contributed by atoms with Crippen molar-refractivity contribution in [2.45, 2.75) is 32.9 Å². The van der Waals surface area contributed by atoms with E-state index in [0.717, 1.165) is 0 Å². The highest BCUT2D eigenvalue weighted by Gasteiger charge is 2.16. The summed E-state index contributed by atoms with van der Waals surface area (Å²) < 4.78 is 6.03. The molecule has 1 rings (SSSR count). The molecule has 0 saturated carbocycles. The van der Waals surface area contributed by atoms with Gasteiger partial charge in [-0.2, -0.15) is 0 Å². The molecule has 22 heavy (non-hydrogen) atoms. The van der Waals surface area contributed by atoms with Crippen molar-refractivity contribution in [1.82, 2.24) is 15.2 Å². The van der Waals surface area contributed by atoms with Crippen LogP contribution in [0.4, 0.5) is 0 Å². The van der Waals surface area contributed by atoms with Gasteiger partial charge in [0, 0.05) is 31.5 Å². The molecule has 7 nitrogen and oxygen atoms in total. The van der Waals surface area contributed by atoms with Crippen LogP contribution in [-0.2, 0) is 16.1 Å². The average Bonchev–Trinajstić information content (AvgIpc) is 2.39. The summed E-state index contributed by atoms with van der Waals surface area (Å²) in [6.45, 7) is 6.22. The van der Waals surface area contributed by atoms with E-state index in [1.54, 1.807) is 0 Å². The Bertz CT molecular complexity index is 587. The molecule has 1 heterocycles. The molecule has 0 aliphatic rings. The molecule has 0 spiro atoms. The minimum Gasteiger partial charge on any atom is -0.383 e. The minimum atomic E-state index is -0.379. The number of hydrogen-bond acceptors (Lipinski definition) is 4. The van der Waals surface area contributed by atoms with Gasteiger partial charge in [0.1, 0.15) is 6.54 Å². The van der Waals surface area contributed by atoms with Crippen molar-refractivity contribution in [2.75, 3.05) is 20.3 Å². The lowest BCUT2D eigenvalue weighted by Gasteiger charge is -2.20. The smallest absolute Gasteiger partial charge is 0.253 e. The van der Waals surface area contributed by atoms with Gasteiger partial charge < -0.3 is 19.9 Å². The fraction of sp³-hybridized carbons (Fsp3) is 0.533. The van der Waals surface area contributed by atoms with Crippen molar-refractivity contribution < 1.29 is 14.3 Å². The Labute approximate surface area is 129 Å². The summed E-state index contributed by atoms with van der Waals surface area (Å²) in [6, 6.07) is 2.72. The molecule has 122 valence electrons. The number of pyridine rings is 1. The maximum Gasteiger partial charge on any atom is 0.253 e. The lowest BCUT2D eigenvalue weighted by atomic mass is 10.1. The second-order valence-corrected chi connectivity index (χ2v) is 5.93. The second kappa shape index (κ2) is 7.74. The van der Waals surface area contributed by atoms with Crippen molar-refractivity contribution in [2.24, 2.45) is 0 Å². The first-order valence-electron chi connectivity index (χ1n) is 7.01. The van der Waals surface area contributed by atoms with E-state index in [9.17, 15) is 14.4 Å². The highest BCUT2D eigenvalue weighted by atomic mass is 16.5. The van der Waals surface area contributed by atoms with Crippen LogP contribution in [0, 0.1) is 0 Å². The van der Waals surface area contributed by atoms with Gasteiger partial charge >= 0.3 is 0 Å². The SMILES string of the molecule is COCCNC(=O)Cn1cc(C(=O)NC(C)(C)C)ccc1=O. The van der Waals surface area contributed by atoms with Gasteiger partial charge in [0.15, 0.2) is 0 Å². The number of nitrogens with zero attached hydrogens (tertiary/aromatic N) is 1. The lowest BCUT2D eigenvalue weighted by molar-refractivity contribution is -0.121. The molecule has 0 fully saturated rings. The summed E-state index contributed by atoms with van der Waals surface area (Å²) in [5.74, 6) is -0.603. The van der Waals surface area contributed by atoms with E-state index in [-0.39, 0.29) is 29.5 Å². The van der Waals surface area contributed by atoms with Gasteiger partial charge in [-0.1, -0.05) is 0 Å². The predicted octanol–water partition coefficient (Wildman–Crippen LogP) is 0.139. The number of carbonyl (C=O) groups excluding carboxylic acids is 2. The van der Waals surface area contributed by atoms with Crippen LogP contribution in [0.15, 0.2) is 23.1 Å². The molecular weight excluding hydrogens is 286 g/mol. The second-order valence-electron chi connectivity index (χ2n) is 5.93. The van der Waals surface area contributed by atoms with Gasteiger partial charge in [-0.15, -0.1) is 0 Å². The molecular formula is C15H23N3O4. The zero-order valence-electron chi connectivity index (χ0n) is 13.4. The molecule has 1 aromatic heterocycles. The number of carbonyl (C=O) groups is 2. The highest BCUT2D eigenvalue weighted by Crippen LogP contribution is 2.03. The number of aromatic nitrogens is 1.